The van der Waals surface area contributed by atoms with Crippen molar-refractivity contribution in [1.82, 2.24) is 9.29 Å². The zero-order valence-corrected chi connectivity index (χ0v) is 17.8. The number of nitrogens with one attached hydrogen (secondary N) is 1. The Morgan fingerprint density at radius 1 is 1.18 bits per heavy atom. The predicted octanol–water partition coefficient (Wildman–Crippen LogP) is 3.21. The molecule has 0 bridgehead atoms. The fourth-order valence-electron chi connectivity index (χ4n) is 3.24. The Morgan fingerprint density at radius 2 is 1.93 bits per heavy atom. The average Bonchev–Trinajstić information content (AvgIpc) is 3.23. The lowest BCUT2D eigenvalue weighted by molar-refractivity contribution is 0.0730. The predicted molar refractivity (Wildman–Crippen MR) is 108 cm³/mol. The van der Waals surface area contributed by atoms with Gasteiger partial charge in [-0.05, 0) is 31.4 Å². The number of benzene rings is 1. The van der Waals surface area contributed by atoms with Crippen LogP contribution in [0.2, 0.25) is 10.0 Å². The molecule has 28 heavy (non-hydrogen) atoms. The van der Waals surface area contributed by atoms with E-state index in [2.05, 4.69) is 10.3 Å². The summed E-state index contributed by atoms with van der Waals surface area (Å²) in [5.74, 6) is -0.521. The Bertz CT molecular complexity index is 1010. The SMILES string of the molecule is O=C(Nc1nc2c(s1)CCC2)c1cc(S(=O)(=O)N2CCOCC2)c(Cl)cc1Cl. The van der Waals surface area contributed by atoms with Crippen molar-refractivity contribution in [2.75, 3.05) is 31.6 Å². The third kappa shape index (κ3) is 3.79. The first-order valence-corrected chi connectivity index (χ1v) is 11.7. The monoisotopic (exact) mass is 461 g/mol. The summed E-state index contributed by atoms with van der Waals surface area (Å²) in [7, 11) is -3.87. The van der Waals surface area contributed by atoms with E-state index < -0.39 is 15.9 Å². The van der Waals surface area contributed by atoms with Crippen molar-refractivity contribution in [2.45, 2.75) is 24.2 Å². The molecule has 0 saturated carbocycles. The van der Waals surface area contributed by atoms with Crippen LogP contribution in [0.4, 0.5) is 5.13 Å². The minimum absolute atomic E-state index is 0.0266. The molecule has 0 unspecified atom stereocenters. The molecular weight excluding hydrogens is 445 g/mol. The van der Waals surface area contributed by atoms with Gasteiger partial charge in [0.25, 0.3) is 5.91 Å². The van der Waals surface area contributed by atoms with Crippen molar-refractivity contribution in [3.05, 3.63) is 38.3 Å². The summed E-state index contributed by atoms with van der Waals surface area (Å²) in [6.07, 6.45) is 2.95. The Hall–Kier alpha value is -1.23. The number of rotatable bonds is 4. The largest absolute Gasteiger partial charge is 0.379 e. The van der Waals surface area contributed by atoms with Gasteiger partial charge in [0.15, 0.2) is 5.13 Å². The van der Waals surface area contributed by atoms with Crippen molar-refractivity contribution in [2.24, 2.45) is 0 Å². The van der Waals surface area contributed by atoms with Crippen LogP contribution in [0.25, 0.3) is 0 Å². The fourth-order valence-corrected chi connectivity index (χ4v) is 6.52. The molecule has 150 valence electrons. The van der Waals surface area contributed by atoms with Crippen molar-refractivity contribution >= 4 is 55.6 Å². The van der Waals surface area contributed by atoms with E-state index in [0.29, 0.717) is 18.3 Å². The van der Waals surface area contributed by atoms with Crippen LogP contribution in [0.3, 0.4) is 0 Å². The van der Waals surface area contributed by atoms with E-state index in [9.17, 15) is 13.2 Å². The summed E-state index contributed by atoms with van der Waals surface area (Å²) in [5, 5.41) is 3.25. The molecule has 1 fully saturated rings. The normalized spacial score (nSPS) is 17.5. The van der Waals surface area contributed by atoms with Crippen molar-refractivity contribution < 1.29 is 17.9 Å². The van der Waals surface area contributed by atoms with Crippen LogP contribution >= 0.6 is 34.5 Å². The highest BCUT2D eigenvalue weighted by Crippen LogP contribution is 2.33. The second kappa shape index (κ2) is 7.89. The number of nitrogens with zero attached hydrogens (tertiary/aromatic N) is 2. The molecule has 2 heterocycles. The molecular formula is C17H17Cl2N3O4S2. The summed E-state index contributed by atoms with van der Waals surface area (Å²) >= 11 is 13.8. The third-order valence-electron chi connectivity index (χ3n) is 4.67. The van der Waals surface area contributed by atoms with E-state index in [1.54, 1.807) is 0 Å². The highest BCUT2D eigenvalue weighted by atomic mass is 35.5. The van der Waals surface area contributed by atoms with E-state index in [0.717, 1.165) is 25.0 Å². The summed E-state index contributed by atoms with van der Waals surface area (Å²) in [6.45, 7) is 1.08. The minimum Gasteiger partial charge on any atom is -0.379 e. The first-order chi connectivity index (χ1) is 13.4. The van der Waals surface area contributed by atoms with E-state index in [4.69, 9.17) is 27.9 Å². The Kier molecular flexibility index (Phi) is 5.65. The molecule has 2 aromatic rings. The number of hydrogen-bond acceptors (Lipinski definition) is 6. The van der Waals surface area contributed by atoms with Crippen LogP contribution in [0.15, 0.2) is 17.0 Å². The van der Waals surface area contributed by atoms with Gasteiger partial charge in [-0.3, -0.25) is 10.1 Å². The molecule has 0 spiro atoms. The van der Waals surface area contributed by atoms with Gasteiger partial charge in [-0.1, -0.05) is 23.2 Å². The first kappa shape index (κ1) is 20.1. The third-order valence-corrected chi connectivity index (χ3v) is 8.42. The topological polar surface area (TPSA) is 88.6 Å². The number of amides is 1. The highest BCUT2D eigenvalue weighted by Gasteiger charge is 2.30. The number of morpholine rings is 1. The number of sulfonamides is 1. The Balaban J connectivity index is 1.63. The second-order valence-corrected chi connectivity index (χ2v) is 10.3. The van der Waals surface area contributed by atoms with Crippen LogP contribution < -0.4 is 5.32 Å². The zero-order valence-electron chi connectivity index (χ0n) is 14.7. The van der Waals surface area contributed by atoms with Gasteiger partial charge < -0.3 is 4.74 Å². The maximum absolute atomic E-state index is 12.9. The Morgan fingerprint density at radius 3 is 2.64 bits per heavy atom. The summed E-state index contributed by atoms with van der Waals surface area (Å²) < 4.78 is 32.4. The average molecular weight is 462 g/mol. The molecule has 1 N–H and O–H groups in total. The van der Waals surface area contributed by atoms with E-state index in [1.807, 2.05) is 0 Å². The van der Waals surface area contributed by atoms with Gasteiger partial charge in [-0.15, -0.1) is 11.3 Å². The molecule has 1 aliphatic heterocycles. The molecule has 7 nitrogen and oxygen atoms in total. The maximum Gasteiger partial charge on any atom is 0.259 e. The van der Waals surface area contributed by atoms with Crippen LogP contribution in [-0.2, 0) is 27.6 Å². The van der Waals surface area contributed by atoms with Crippen LogP contribution in [0.1, 0.15) is 27.3 Å². The van der Waals surface area contributed by atoms with Gasteiger partial charge in [0.2, 0.25) is 10.0 Å². The van der Waals surface area contributed by atoms with Gasteiger partial charge in [-0.2, -0.15) is 4.31 Å². The van der Waals surface area contributed by atoms with Crippen molar-refractivity contribution in [3.8, 4) is 0 Å². The number of fused-ring (bicyclic) bond motifs is 1. The quantitative estimate of drug-likeness (QED) is 0.754. The lowest BCUT2D eigenvalue weighted by atomic mass is 10.2. The fraction of sp³-hybridized carbons (Fsp3) is 0.412. The van der Waals surface area contributed by atoms with Crippen molar-refractivity contribution in [1.29, 1.82) is 0 Å². The number of halogens is 2. The Labute approximate surface area is 176 Å². The van der Waals surface area contributed by atoms with Gasteiger partial charge in [-0.25, -0.2) is 13.4 Å². The van der Waals surface area contributed by atoms with Crippen molar-refractivity contribution in [3.63, 3.8) is 0 Å². The van der Waals surface area contributed by atoms with E-state index in [1.165, 1.54) is 32.7 Å². The molecule has 1 aromatic carbocycles. The number of hydrogen-bond donors (Lipinski definition) is 1. The molecule has 4 rings (SSSR count). The highest BCUT2D eigenvalue weighted by molar-refractivity contribution is 7.89. The standard InChI is InChI=1S/C17H17Cl2N3O4S2/c18-11-9-12(19)15(28(24,25)22-4-6-26-7-5-22)8-10(11)16(23)21-17-20-13-2-1-3-14(13)27-17/h8-9H,1-7H2,(H,20,21,23). The molecule has 2 aliphatic rings. The lowest BCUT2D eigenvalue weighted by Crippen LogP contribution is -2.40. The number of anilines is 1. The molecule has 11 heteroatoms. The van der Waals surface area contributed by atoms with Gasteiger partial charge in [0.1, 0.15) is 4.90 Å². The second-order valence-electron chi connectivity index (χ2n) is 6.48. The summed E-state index contributed by atoms with van der Waals surface area (Å²) in [5.41, 5.74) is 1.05. The molecule has 1 aromatic heterocycles. The maximum atomic E-state index is 12.9. The smallest absolute Gasteiger partial charge is 0.259 e. The first-order valence-electron chi connectivity index (χ1n) is 8.73. The summed E-state index contributed by atoms with van der Waals surface area (Å²) in [4.78, 5) is 18.2. The van der Waals surface area contributed by atoms with Gasteiger partial charge in [0.05, 0.1) is 34.5 Å². The molecule has 1 saturated heterocycles. The number of aryl methyl sites for hydroxylation is 2. The number of carbonyl (C=O) groups is 1. The minimum atomic E-state index is -3.87. The number of thiazole rings is 1. The zero-order chi connectivity index (χ0) is 19.9. The van der Waals surface area contributed by atoms with E-state index in [-0.39, 0.29) is 33.6 Å². The van der Waals surface area contributed by atoms with Crippen LogP contribution in [0, 0.1) is 0 Å². The molecule has 0 atom stereocenters. The molecule has 1 amide bonds. The lowest BCUT2D eigenvalue weighted by Gasteiger charge is -2.26. The van der Waals surface area contributed by atoms with Gasteiger partial charge in [0, 0.05) is 18.0 Å². The number of aromatic nitrogens is 1. The molecule has 1 aliphatic carbocycles. The summed E-state index contributed by atoms with van der Waals surface area (Å²) in [6, 6.07) is 2.51. The molecule has 0 radical (unpaired) electrons. The number of ether oxygens (including phenoxy) is 1. The van der Waals surface area contributed by atoms with Crippen LogP contribution in [-0.4, -0.2) is 49.9 Å². The van der Waals surface area contributed by atoms with E-state index >= 15 is 0 Å². The number of carbonyl (C=O) groups excluding carboxylic acids is 1. The van der Waals surface area contributed by atoms with Gasteiger partial charge >= 0.3 is 0 Å². The van der Waals surface area contributed by atoms with Crippen LogP contribution in [0.5, 0.6) is 0 Å².